The predicted molar refractivity (Wildman–Crippen MR) is 98.7 cm³/mol. The van der Waals surface area contributed by atoms with Crippen molar-refractivity contribution in [1.82, 2.24) is 9.55 Å². The van der Waals surface area contributed by atoms with Gasteiger partial charge in [0.15, 0.2) is 0 Å². The second-order valence-corrected chi connectivity index (χ2v) is 6.00. The highest BCUT2D eigenvalue weighted by atomic mass is 16.3. The van der Waals surface area contributed by atoms with E-state index >= 15 is 0 Å². The van der Waals surface area contributed by atoms with E-state index in [1.165, 1.54) is 6.08 Å². The van der Waals surface area contributed by atoms with Crippen molar-refractivity contribution in [3.63, 3.8) is 0 Å². The van der Waals surface area contributed by atoms with Crippen LogP contribution in [0.5, 0.6) is 5.88 Å². The van der Waals surface area contributed by atoms with Crippen LogP contribution in [0.2, 0.25) is 0 Å². The zero-order chi connectivity index (χ0) is 18.3. The normalized spacial score (nSPS) is 14.0. The summed E-state index contributed by atoms with van der Waals surface area (Å²) in [4.78, 5) is 31.2. The van der Waals surface area contributed by atoms with Gasteiger partial charge in [0.1, 0.15) is 5.56 Å². The molecule has 0 unspecified atom stereocenters. The Morgan fingerprint density at radius 2 is 1.81 bits per heavy atom. The summed E-state index contributed by atoms with van der Waals surface area (Å²) in [5.74, 6) is -0.417. The lowest BCUT2D eigenvalue weighted by Crippen LogP contribution is -2.30. The highest BCUT2D eigenvalue weighted by Crippen LogP contribution is 2.21. The molecule has 2 heterocycles. The van der Waals surface area contributed by atoms with Crippen LogP contribution in [-0.4, -0.2) is 14.7 Å². The first kappa shape index (κ1) is 15.8. The lowest BCUT2D eigenvalue weighted by Gasteiger charge is -2.12. The molecular weight excluding hydrogens is 330 g/mol. The number of aryl methyl sites for hydroxylation is 1. The van der Waals surface area contributed by atoms with Gasteiger partial charge in [-0.25, -0.2) is 14.4 Å². The summed E-state index contributed by atoms with van der Waals surface area (Å²) in [5, 5.41) is 12.4. The summed E-state index contributed by atoms with van der Waals surface area (Å²) in [7, 11) is 0. The lowest BCUT2D eigenvalue weighted by molar-refractivity contribution is 0.429. The van der Waals surface area contributed by atoms with Gasteiger partial charge in [0, 0.05) is 5.22 Å². The first-order valence-corrected chi connectivity index (χ1v) is 8.06. The maximum absolute atomic E-state index is 12.3. The second-order valence-electron chi connectivity index (χ2n) is 6.00. The molecule has 0 bridgehead atoms. The van der Waals surface area contributed by atoms with Crippen LogP contribution in [0.3, 0.4) is 0 Å². The van der Waals surface area contributed by atoms with Gasteiger partial charge in [-0.05, 0) is 36.8 Å². The van der Waals surface area contributed by atoms with Crippen molar-refractivity contribution in [2.24, 2.45) is 4.99 Å². The van der Waals surface area contributed by atoms with Gasteiger partial charge in [-0.3, -0.25) is 9.78 Å². The Bertz CT molecular complexity index is 1260. The number of para-hydroxylation sites is 2. The van der Waals surface area contributed by atoms with E-state index < -0.39 is 17.1 Å². The molecule has 26 heavy (non-hydrogen) atoms. The lowest BCUT2D eigenvalue weighted by atomic mass is 10.2. The fourth-order valence-electron chi connectivity index (χ4n) is 2.97. The standard InChI is InChI=1S/C20H15N3O3/c1-12-6-2-5-9-17(12)23-19(25)15(18(24)22-20(23)26)11-14-10-13-7-3-4-8-16(13)21-14/h2-11,25H,1H3,(H,22,24,26)/b14-11-. The van der Waals surface area contributed by atoms with E-state index in [0.717, 1.165) is 20.7 Å². The highest BCUT2D eigenvalue weighted by molar-refractivity contribution is 5.67. The Morgan fingerprint density at radius 1 is 1.08 bits per heavy atom. The number of nitrogens with one attached hydrogen (secondary N) is 1. The minimum Gasteiger partial charge on any atom is -0.494 e. The number of allylic oxidation sites excluding steroid dienone is 1. The Labute approximate surface area is 147 Å². The number of aromatic nitrogens is 2. The number of fused-ring (bicyclic) bond motifs is 1. The molecule has 128 valence electrons. The summed E-state index contributed by atoms with van der Waals surface area (Å²) in [6.07, 6.45) is 3.29. The van der Waals surface area contributed by atoms with Crippen molar-refractivity contribution in [1.29, 1.82) is 0 Å². The summed E-state index contributed by atoms with van der Waals surface area (Å²) in [6.45, 7) is 1.82. The van der Waals surface area contributed by atoms with Gasteiger partial charge in [0.2, 0.25) is 5.88 Å². The zero-order valence-electron chi connectivity index (χ0n) is 13.9. The van der Waals surface area contributed by atoms with E-state index in [4.69, 9.17) is 0 Å². The maximum atomic E-state index is 12.3. The quantitative estimate of drug-likeness (QED) is 0.726. The third kappa shape index (κ3) is 2.57. The first-order valence-electron chi connectivity index (χ1n) is 8.06. The number of hydrogen-bond donors (Lipinski definition) is 2. The predicted octanol–water partition coefficient (Wildman–Crippen LogP) is 0.995. The average molecular weight is 345 g/mol. The molecule has 2 aromatic carbocycles. The van der Waals surface area contributed by atoms with E-state index in [-0.39, 0.29) is 5.56 Å². The van der Waals surface area contributed by atoms with Crippen molar-refractivity contribution in [3.8, 4) is 11.6 Å². The smallest absolute Gasteiger partial charge is 0.335 e. The topological polar surface area (TPSA) is 87.4 Å². The molecule has 2 N–H and O–H groups in total. The molecule has 4 rings (SSSR count). The number of benzene rings is 2. The van der Waals surface area contributed by atoms with E-state index in [9.17, 15) is 14.7 Å². The van der Waals surface area contributed by atoms with Gasteiger partial charge in [-0.2, -0.15) is 0 Å². The molecule has 1 aliphatic heterocycles. The van der Waals surface area contributed by atoms with E-state index in [0.29, 0.717) is 11.4 Å². The van der Waals surface area contributed by atoms with Crippen LogP contribution in [0, 0.1) is 6.92 Å². The Kier molecular flexibility index (Phi) is 3.65. The Hall–Kier alpha value is -3.67. The van der Waals surface area contributed by atoms with Crippen molar-refractivity contribution in [2.75, 3.05) is 0 Å². The van der Waals surface area contributed by atoms with Crippen LogP contribution >= 0.6 is 0 Å². The van der Waals surface area contributed by atoms with Gasteiger partial charge in [0.25, 0.3) is 5.56 Å². The molecule has 0 radical (unpaired) electrons. The highest BCUT2D eigenvalue weighted by Gasteiger charge is 2.16. The molecule has 3 aromatic rings. The van der Waals surface area contributed by atoms with Gasteiger partial charge >= 0.3 is 5.69 Å². The SMILES string of the molecule is Cc1ccccc1-n1c(O)c(/C=C2/C=c3ccccc3=N2)c(=O)[nH]c1=O. The summed E-state index contributed by atoms with van der Waals surface area (Å²) < 4.78 is 1.09. The third-order valence-corrected chi connectivity index (χ3v) is 4.26. The molecule has 0 saturated carbocycles. The molecule has 0 amide bonds. The molecule has 0 aliphatic carbocycles. The third-order valence-electron chi connectivity index (χ3n) is 4.26. The summed E-state index contributed by atoms with van der Waals surface area (Å²) >= 11 is 0. The van der Waals surface area contributed by atoms with Crippen molar-refractivity contribution >= 4 is 12.2 Å². The van der Waals surface area contributed by atoms with Gasteiger partial charge in [-0.1, -0.05) is 36.4 Å². The number of aromatic amines is 1. The number of nitrogens with zero attached hydrogens (tertiary/aromatic N) is 2. The van der Waals surface area contributed by atoms with Crippen LogP contribution in [-0.2, 0) is 0 Å². The number of aromatic hydroxyl groups is 1. The van der Waals surface area contributed by atoms with Gasteiger partial charge < -0.3 is 5.11 Å². The summed E-state index contributed by atoms with van der Waals surface area (Å²) in [6, 6.07) is 14.7. The average Bonchev–Trinajstić information content (AvgIpc) is 3.02. The molecule has 0 spiro atoms. The van der Waals surface area contributed by atoms with Crippen LogP contribution < -0.4 is 21.8 Å². The second kappa shape index (κ2) is 6.00. The maximum Gasteiger partial charge on any atom is 0.335 e. The molecular formula is C20H15N3O3. The van der Waals surface area contributed by atoms with Crippen LogP contribution in [0.25, 0.3) is 17.8 Å². The number of hydrogen-bond acceptors (Lipinski definition) is 4. The molecule has 0 saturated heterocycles. The van der Waals surface area contributed by atoms with Crippen molar-refractivity contribution < 1.29 is 5.11 Å². The van der Waals surface area contributed by atoms with E-state index in [1.807, 2.05) is 49.4 Å². The summed E-state index contributed by atoms with van der Waals surface area (Å²) in [5.41, 5.74) is 0.447. The van der Waals surface area contributed by atoms with Gasteiger partial charge in [0.05, 0.1) is 16.7 Å². The minimum absolute atomic E-state index is 0.0179. The van der Waals surface area contributed by atoms with E-state index in [2.05, 4.69) is 9.98 Å². The fraction of sp³-hybridized carbons (Fsp3) is 0.0500. The van der Waals surface area contributed by atoms with Crippen LogP contribution in [0.4, 0.5) is 0 Å². The molecule has 0 fully saturated rings. The first-order chi connectivity index (χ1) is 12.5. The van der Waals surface area contributed by atoms with E-state index in [1.54, 1.807) is 12.1 Å². The molecule has 6 nitrogen and oxygen atoms in total. The minimum atomic E-state index is -0.695. The molecule has 1 aromatic heterocycles. The molecule has 0 atom stereocenters. The van der Waals surface area contributed by atoms with Gasteiger partial charge in [-0.15, -0.1) is 0 Å². The number of rotatable bonds is 2. The van der Waals surface area contributed by atoms with Crippen LogP contribution in [0.1, 0.15) is 11.1 Å². The monoisotopic (exact) mass is 345 g/mol. The number of H-pyrrole nitrogens is 1. The Balaban J connectivity index is 1.95. The largest absolute Gasteiger partial charge is 0.494 e. The van der Waals surface area contributed by atoms with Crippen LogP contribution in [0.15, 0.2) is 68.8 Å². The molecule has 1 aliphatic rings. The van der Waals surface area contributed by atoms with Crippen molar-refractivity contribution in [3.05, 3.63) is 96.8 Å². The Morgan fingerprint density at radius 3 is 2.58 bits per heavy atom. The fourth-order valence-corrected chi connectivity index (χ4v) is 2.97. The van der Waals surface area contributed by atoms with Crippen molar-refractivity contribution in [2.45, 2.75) is 6.92 Å². The molecule has 6 heteroatoms. The zero-order valence-corrected chi connectivity index (χ0v) is 13.9.